The van der Waals surface area contributed by atoms with Crippen LogP contribution in [-0.4, -0.2) is 86.0 Å². The van der Waals surface area contributed by atoms with Crippen LogP contribution in [0.25, 0.3) is 10.8 Å². The second kappa shape index (κ2) is 24.0. The molecule has 1 unspecified atom stereocenters. The highest BCUT2D eigenvalue weighted by molar-refractivity contribution is 6.38. The molecule has 304 valence electrons. The lowest BCUT2D eigenvalue weighted by Gasteiger charge is -2.24. The number of hydrogen-bond donors (Lipinski definition) is 4. The standard InChI is InChI=1S/C44H54N4O9/c1-5-18-56-27-37(47-40(51)23-30-12-8-7-9-13-30)39(50)25-35(20-29(3)4)43(54)48-38(28-57-19-6-2)41(52)44(55)46-26-36(49)24-34(42(45)53)22-31-16-17-32-14-10-11-15-33(32)21-31/h5-17,21,29,34-35,37-38H,1-2,18-20,22-28H2,3-4H3,(H2,45,53)(H,46,55)(H,47,51)(H,48,54)/t34-,35-,37+,38?/m1/s1. The van der Waals surface area contributed by atoms with Crippen LogP contribution in [0.3, 0.4) is 0 Å². The van der Waals surface area contributed by atoms with E-state index in [1.54, 1.807) is 24.3 Å². The first-order valence-electron chi connectivity index (χ1n) is 19.0. The molecule has 0 fully saturated rings. The molecular weight excluding hydrogens is 729 g/mol. The van der Waals surface area contributed by atoms with Crippen molar-refractivity contribution in [2.24, 2.45) is 23.5 Å². The summed E-state index contributed by atoms with van der Waals surface area (Å²) in [6.07, 6.45) is 2.84. The molecule has 4 amide bonds. The van der Waals surface area contributed by atoms with Crippen molar-refractivity contribution in [3.63, 3.8) is 0 Å². The van der Waals surface area contributed by atoms with E-state index in [1.807, 2.05) is 62.4 Å². The maximum Gasteiger partial charge on any atom is 0.290 e. The Kier molecular flexibility index (Phi) is 19.2. The minimum Gasteiger partial charge on any atom is -0.375 e. The lowest BCUT2D eigenvalue weighted by atomic mass is 9.89. The van der Waals surface area contributed by atoms with Gasteiger partial charge in [0.2, 0.25) is 23.5 Å². The highest BCUT2D eigenvalue weighted by Gasteiger charge is 2.33. The van der Waals surface area contributed by atoms with Crippen LogP contribution in [0.15, 0.2) is 98.1 Å². The second-order valence-corrected chi connectivity index (χ2v) is 14.3. The average Bonchev–Trinajstić information content (AvgIpc) is 3.18. The lowest BCUT2D eigenvalue weighted by Crippen LogP contribution is -2.52. The number of ketones is 3. The molecule has 0 saturated heterocycles. The largest absolute Gasteiger partial charge is 0.375 e. The molecule has 3 aromatic rings. The summed E-state index contributed by atoms with van der Waals surface area (Å²) < 4.78 is 11.0. The number of fused-ring (bicyclic) bond motifs is 1. The lowest BCUT2D eigenvalue weighted by molar-refractivity contribution is -0.142. The quantitative estimate of drug-likeness (QED) is 0.0509. The number of amides is 4. The molecule has 0 spiro atoms. The Labute approximate surface area is 333 Å². The summed E-state index contributed by atoms with van der Waals surface area (Å²) in [5.41, 5.74) is 7.19. The van der Waals surface area contributed by atoms with Gasteiger partial charge >= 0.3 is 0 Å². The smallest absolute Gasteiger partial charge is 0.290 e. The van der Waals surface area contributed by atoms with E-state index in [4.69, 9.17) is 15.2 Å². The Morgan fingerprint density at radius 2 is 1.37 bits per heavy atom. The molecule has 3 rings (SSSR count). The molecule has 3 aromatic carbocycles. The first kappa shape index (κ1) is 45.6. The molecule has 0 aliphatic rings. The van der Waals surface area contributed by atoms with E-state index >= 15 is 0 Å². The maximum atomic E-state index is 13.8. The number of carbonyl (C=O) groups is 7. The van der Waals surface area contributed by atoms with Gasteiger partial charge in [-0.15, -0.1) is 13.2 Å². The molecule has 0 radical (unpaired) electrons. The van der Waals surface area contributed by atoms with E-state index in [0.717, 1.165) is 21.9 Å². The summed E-state index contributed by atoms with van der Waals surface area (Å²) in [5, 5.41) is 9.57. The Hall–Kier alpha value is -5.79. The summed E-state index contributed by atoms with van der Waals surface area (Å²) in [6, 6.07) is 19.9. The van der Waals surface area contributed by atoms with E-state index in [2.05, 4.69) is 29.1 Å². The van der Waals surface area contributed by atoms with Gasteiger partial charge in [-0.2, -0.15) is 0 Å². The van der Waals surface area contributed by atoms with Gasteiger partial charge in [-0.1, -0.05) is 98.8 Å². The molecule has 0 heterocycles. The van der Waals surface area contributed by atoms with Gasteiger partial charge in [-0.3, -0.25) is 33.6 Å². The van der Waals surface area contributed by atoms with Crippen molar-refractivity contribution in [1.82, 2.24) is 16.0 Å². The fourth-order valence-electron chi connectivity index (χ4n) is 6.18. The molecule has 4 atom stereocenters. The van der Waals surface area contributed by atoms with Crippen LogP contribution >= 0.6 is 0 Å². The van der Waals surface area contributed by atoms with Crippen molar-refractivity contribution in [1.29, 1.82) is 0 Å². The summed E-state index contributed by atoms with van der Waals surface area (Å²) in [6.45, 7) is 9.94. The number of primary amides is 1. The summed E-state index contributed by atoms with van der Waals surface area (Å²) >= 11 is 0. The fourth-order valence-corrected chi connectivity index (χ4v) is 6.18. The molecule has 5 N–H and O–H groups in total. The number of Topliss-reactive ketones (excluding diaryl/α,β-unsaturated/α-hetero) is 3. The molecule has 0 bridgehead atoms. The number of rotatable bonds is 27. The summed E-state index contributed by atoms with van der Waals surface area (Å²) in [4.78, 5) is 92.0. The molecule has 0 aliphatic carbocycles. The topological polar surface area (TPSA) is 200 Å². The number of ether oxygens (including phenoxy) is 2. The van der Waals surface area contributed by atoms with Crippen molar-refractivity contribution in [2.45, 2.75) is 58.0 Å². The van der Waals surface area contributed by atoms with Crippen molar-refractivity contribution in [3.05, 3.63) is 109 Å². The first-order valence-corrected chi connectivity index (χ1v) is 19.0. The minimum atomic E-state index is -1.47. The minimum absolute atomic E-state index is 0.00838. The Morgan fingerprint density at radius 1 is 0.737 bits per heavy atom. The van der Waals surface area contributed by atoms with E-state index in [1.165, 1.54) is 12.2 Å². The predicted octanol–water partition coefficient (Wildman–Crippen LogP) is 3.37. The van der Waals surface area contributed by atoms with Crippen LogP contribution in [0.5, 0.6) is 0 Å². The van der Waals surface area contributed by atoms with E-state index < -0.39 is 78.0 Å². The third-order valence-corrected chi connectivity index (χ3v) is 9.02. The molecule has 57 heavy (non-hydrogen) atoms. The zero-order valence-corrected chi connectivity index (χ0v) is 32.7. The van der Waals surface area contributed by atoms with Gasteiger partial charge in [0.25, 0.3) is 5.91 Å². The Bertz CT molecular complexity index is 1880. The van der Waals surface area contributed by atoms with Crippen molar-refractivity contribution < 1.29 is 43.0 Å². The Balaban J connectivity index is 1.66. The SMILES string of the molecule is C=CCOCC(NC(=O)[C@@H](CC(=O)[C@H](COCC=C)NC(=O)Cc1ccccc1)CC(C)C)C(=O)C(=O)NCC(=O)C[C@@H](Cc1ccc2ccccc2c1)C(N)=O. The van der Waals surface area contributed by atoms with Crippen molar-refractivity contribution in [2.75, 3.05) is 33.0 Å². The molecular formula is C44H54N4O9. The normalized spacial score (nSPS) is 13.1. The Morgan fingerprint density at radius 3 is 2.00 bits per heavy atom. The number of hydrogen-bond acceptors (Lipinski definition) is 9. The van der Waals surface area contributed by atoms with Crippen molar-refractivity contribution in [3.8, 4) is 0 Å². The molecule has 13 heteroatoms. The monoisotopic (exact) mass is 782 g/mol. The average molecular weight is 783 g/mol. The highest BCUT2D eigenvalue weighted by atomic mass is 16.5. The van der Waals surface area contributed by atoms with Gasteiger partial charge in [-0.05, 0) is 40.7 Å². The van der Waals surface area contributed by atoms with Crippen LogP contribution in [0, 0.1) is 17.8 Å². The van der Waals surface area contributed by atoms with Crippen LogP contribution in [0.4, 0.5) is 0 Å². The first-order chi connectivity index (χ1) is 27.3. The molecule has 0 aliphatic heterocycles. The van der Waals surface area contributed by atoms with Gasteiger partial charge < -0.3 is 31.2 Å². The van der Waals surface area contributed by atoms with Gasteiger partial charge in [-0.25, -0.2) is 0 Å². The van der Waals surface area contributed by atoms with Gasteiger partial charge in [0.15, 0.2) is 11.6 Å². The number of carbonyl (C=O) groups excluding carboxylic acids is 7. The third kappa shape index (κ3) is 16.1. The van der Waals surface area contributed by atoms with Gasteiger partial charge in [0.05, 0.1) is 39.4 Å². The fraction of sp³-hybridized carbons (Fsp3) is 0.386. The summed E-state index contributed by atoms with van der Waals surface area (Å²) in [7, 11) is 0. The van der Waals surface area contributed by atoms with Crippen molar-refractivity contribution >= 4 is 51.8 Å². The molecule has 13 nitrogen and oxygen atoms in total. The molecule has 0 aromatic heterocycles. The van der Waals surface area contributed by atoms with Crippen LogP contribution < -0.4 is 21.7 Å². The summed E-state index contributed by atoms with van der Waals surface area (Å²) in [5.74, 6) is -6.84. The van der Waals surface area contributed by atoms with Crippen LogP contribution in [-0.2, 0) is 55.9 Å². The number of nitrogens with two attached hydrogens (primary N) is 1. The predicted molar refractivity (Wildman–Crippen MR) is 217 cm³/mol. The maximum absolute atomic E-state index is 13.8. The van der Waals surface area contributed by atoms with E-state index in [9.17, 15) is 33.6 Å². The van der Waals surface area contributed by atoms with E-state index in [0.29, 0.717) is 0 Å². The van der Waals surface area contributed by atoms with Crippen LogP contribution in [0.2, 0.25) is 0 Å². The number of nitrogens with one attached hydrogen (secondary N) is 3. The van der Waals surface area contributed by atoms with Crippen LogP contribution in [0.1, 0.15) is 44.2 Å². The molecule has 0 saturated carbocycles. The highest BCUT2D eigenvalue weighted by Crippen LogP contribution is 2.20. The third-order valence-electron chi connectivity index (χ3n) is 9.02. The van der Waals surface area contributed by atoms with Gasteiger partial charge in [0, 0.05) is 24.7 Å². The second-order valence-electron chi connectivity index (χ2n) is 14.3. The zero-order chi connectivity index (χ0) is 41.7. The zero-order valence-electron chi connectivity index (χ0n) is 32.7. The van der Waals surface area contributed by atoms with E-state index in [-0.39, 0.29) is 57.8 Å². The van der Waals surface area contributed by atoms with Gasteiger partial charge in [0.1, 0.15) is 12.1 Å². The number of benzene rings is 3.